The lowest BCUT2D eigenvalue weighted by Crippen LogP contribution is -2.13. The number of methoxy groups -OCH3 is 3. The molecule has 1 heterocycles. The Labute approximate surface area is 185 Å². The quantitative estimate of drug-likeness (QED) is 0.218. The molecule has 0 aliphatic rings. The minimum atomic E-state index is -0.789. The number of aryl methyl sites for hydroxylation is 1. The summed E-state index contributed by atoms with van der Waals surface area (Å²) in [6.45, 7) is 3.02. The first-order chi connectivity index (χ1) is 14.7. The Kier molecular flexibility index (Phi) is 6.35. The Hall–Kier alpha value is -3.33. The zero-order valence-electron chi connectivity index (χ0n) is 17.5. The number of fused-ring (bicyclic) bond motifs is 1. The maximum absolute atomic E-state index is 13.0. The third-order valence-electron chi connectivity index (χ3n) is 4.63. The molecule has 0 radical (unpaired) electrons. The van der Waals surface area contributed by atoms with Crippen LogP contribution in [-0.2, 0) is 0 Å². The molecule has 0 atom stereocenters. The second-order valence-electron chi connectivity index (χ2n) is 6.52. The number of carbonyl (C=O) groups is 2. The number of ether oxygens (including phenoxy) is 4. The van der Waals surface area contributed by atoms with Crippen LogP contribution in [0.5, 0.6) is 23.0 Å². The van der Waals surface area contributed by atoms with Gasteiger partial charge in [0.05, 0.1) is 31.4 Å². The number of benzene rings is 2. The van der Waals surface area contributed by atoms with Crippen molar-refractivity contribution in [1.29, 1.82) is 0 Å². The minimum absolute atomic E-state index is 0.00443. The molecule has 0 aliphatic carbocycles. The van der Waals surface area contributed by atoms with Gasteiger partial charge in [-0.3, -0.25) is 4.79 Å². The number of hydrogen-bond acceptors (Lipinski definition) is 8. The van der Waals surface area contributed by atoms with Crippen molar-refractivity contribution in [2.24, 2.45) is 0 Å². The van der Waals surface area contributed by atoms with E-state index in [9.17, 15) is 14.4 Å². The molecule has 1 aromatic heterocycles. The molecule has 3 aromatic rings. The van der Waals surface area contributed by atoms with Gasteiger partial charge in [-0.1, -0.05) is 0 Å². The molecule has 0 aliphatic heterocycles. The Morgan fingerprint density at radius 1 is 0.968 bits per heavy atom. The van der Waals surface area contributed by atoms with Crippen molar-refractivity contribution in [3.63, 3.8) is 0 Å². The first kappa shape index (κ1) is 22.4. The van der Waals surface area contributed by atoms with E-state index in [2.05, 4.69) is 15.9 Å². The lowest BCUT2D eigenvalue weighted by atomic mass is 10.0. The average Bonchev–Trinajstić information content (AvgIpc) is 2.72. The van der Waals surface area contributed by atoms with E-state index in [1.54, 1.807) is 13.0 Å². The zero-order chi connectivity index (χ0) is 22.9. The van der Waals surface area contributed by atoms with Gasteiger partial charge in [-0.2, -0.15) is 0 Å². The summed E-state index contributed by atoms with van der Waals surface area (Å²) in [6, 6.07) is 5.85. The van der Waals surface area contributed by atoms with E-state index >= 15 is 0 Å². The molecule has 0 spiro atoms. The maximum atomic E-state index is 13.0. The first-order valence-electron chi connectivity index (χ1n) is 9.02. The average molecular weight is 491 g/mol. The van der Waals surface area contributed by atoms with Crippen molar-refractivity contribution in [3.8, 4) is 23.0 Å². The van der Waals surface area contributed by atoms with Gasteiger partial charge in [0, 0.05) is 11.5 Å². The molecule has 31 heavy (non-hydrogen) atoms. The summed E-state index contributed by atoms with van der Waals surface area (Å²) in [6.07, 6.45) is 0. The monoisotopic (exact) mass is 490 g/mol. The largest absolute Gasteiger partial charge is 0.493 e. The molecule has 0 unspecified atom stereocenters. The van der Waals surface area contributed by atoms with E-state index in [4.69, 9.17) is 23.4 Å². The van der Waals surface area contributed by atoms with Crippen LogP contribution in [0.1, 0.15) is 33.2 Å². The lowest BCUT2D eigenvalue weighted by molar-refractivity contribution is 0.0731. The molecule has 3 rings (SSSR count). The van der Waals surface area contributed by atoms with Gasteiger partial charge in [0.15, 0.2) is 22.9 Å². The van der Waals surface area contributed by atoms with Crippen LogP contribution < -0.4 is 24.6 Å². The van der Waals surface area contributed by atoms with Crippen LogP contribution in [0.4, 0.5) is 0 Å². The number of ketones is 1. The summed E-state index contributed by atoms with van der Waals surface area (Å²) < 4.78 is 27.0. The molecule has 0 N–H and O–H groups in total. The molecular weight excluding hydrogens is 472 g/mol. The minimum Gasteiger partial charge on any atom is -0.493 e. The second-order valence-corrected chi connectivity index (χ2v) is 7.31. The predicted octanol–water partition coefficient (Wildman–Crippen LogP) is 4.31. The van der Waals surface area contributed by atoms with Crippen molar-refractivity contribution in [1.82, 2.24) is 0 Å². The Morgan fingerprint density at radius 3 is 2.23 bits per heavy atom. The number of esters is 1. The molecule has 9 heteroatoms. The summed E-state index contributed by atoms with van der Waals surface area (Å²) in [4.78, 5) is 37.2. The second kappa shape index (κ2) is 8.81. The third kappa shape index (κ3) is 4.00. The van der Waals surface area contributed by atoms with Crippen LogP contribution in [0.2, 0.25) is 0 Å². The van der Waals surface area contributed by atoms with Gasteiger partial charge >= 0.3 is 11.6 Å². The van der Waals surface area contributed by atoms with Gasteiger partial charge in [-0.05, 0) is 53.5 Å². The molecule has 2 aromatic carbocycles. The van der Waals surface area contributed by atoms with Crippen molar-refractivity contribution >= 4 is 38.7 Å². The summed E-state index contributed by atoms with van der Waals surface area (Å²) in [7, 11) is 4.27. The van der Waals surface area contributed by atoms with E-state index in [1.807, 2.05) is 0 Å². The van der Waals surface area contributed by atoms with Crippen LogP contribution in [0.25, 0.3) is 11.0 Å². The predicted molar refractivity (Wildman–Crippen MR) is 116 cm³/mol. The van der Waals surface area contributed by atoms with E-state index in [-0.39, 0.29) is 38.4 Å². The van der Waals surface area contributed by atoms with E-state index in [1.165, 1.54) is 46.5 Å². The number of hydrogen-bond donors (Lipinski definition) is 0. The van der Waals surface area contributed by atoms with Crippen molar-refractivity contribution < 1.29 is 33.0 Å². The number of carbonyl (C=O) groups excluding carboxylic acids is 2. The fraction of sp³-hybridized carbons (Fsp3) is 0.227. The molecule has 0 saturated carbocycles. The Balaban J connectivity index is 2.16. The highest BCUT2D eigenvalue weighted by Gasteiger charge is 2.26. The molecule has 8 nitrogen and oxygen atoms in total. The van der Waals surface area contributed by atoms with Gasteiger partial charge in [0.1, 0.15) is 11.3 Å². The highest BCUT2D eigenvalue weighted by Crippen LogP contribution is 2.45. The summed E-state index contributed by atoms with van der Waals surface area (Å²) in [5, 5.41) is 0.568. The van der Waals surface area contributed by atoms with Gasteiger partial charge in [-0.15, -0.1) is 0 Å². The maximum Gasteiger partial charge on any atom is 0.344 e. The van der Waals surface area contributed by atoms with Crippen molar-refractivity contribution in [2.45, 2.75) is 13.8 Å². The van der Waals surface area contributed by atoms with Gasteiger partial charge < -0.3 is 23.4 Å². The van der Waals surface area contributed by atoms with Crippen LogP contribution in [0, 0.1) is 6.92 Å². The molecular formula is C22H19BrO8. The summed E-state index contributed by atoms with van der Waals surface area (Å²) in [5.74, 6) is -0.476. The number of rotatable bonds is 6. The Bertz CT molecular complexity index is 1260. The SMILES string of the molecule is COc1cc(C(=O)Oc2ccc3c(C)cc(=O)oc3c2C(C)=O)c(Br)c(OC)c1OC. The standard InChI is InChI=1S/C22H19BrO8/c1-10-8-16(25)31-19-12(10)6-7-14(17(19)11(2)24)30-22(26)13-9-15(27-3)20(28-4)21(29-5)18(13)23/h6-9H,1-5H3. The van der Waals surface area contributed by atoms with Crippen LogP contribution >= 0.6 is 15.9 Å². The third-order valence-corrected chi connectivity index (χ3v) is 5.41. The summed E-state index contributed by atoms with van der Waals surface area (Å²) in [5.41, 5.74) is 0.166. The molecule has 0 bridgehead atoms. The lowest BCUT2D eigenvalue weighted by Gasteiger charge is -2.16. The van der Waals surface area contributed by atoms with Crippen LogP contribution in [0.15, 0.2) is 37.9 Å². The molecule has 162 valence electrons. The van der Waals surface area contributed by atoms with Crippen molar-refractivity contribution in [3.05, 3.63) is 55.8 Å². The van der Waals surface area contributed by atoms with Crippen LogP contribution in [-0.4, -0.2) is 33.1 Å². The highest BCUT2D eigenvalue weighted by atomic mass is 79.9. The first-order valence-corrected chi connectivity index (χ1v) is 9.81. The van der Waals surface area contributed by atoms with E-state index < -0.39 is 17.4 Å². The van der Waals surface area contributed by atoms with E-state index in [0.717, 1.165) is 0 Å². The highest BCUT2D eigenvalue weighted by molar-refractivity contribution is 9.10. The van der Waals surface area contributed by atoms with Crippen LogP contribution in [0.3, 0.4) is 0 Å². The zero-order valence-corrected chi connectivity index (χ0v) is 19.0. The number of halogens is 1. The van der Waals surface area contributed by atoms with Gasteiger partial charge in [0.2, 0.25) is 5.75 Å². The van der Waals surface area contributed by atoms with Gasteiger partial charge in [-0.25, -0.2) is 9.59 Å². The summed E-state index contributed by atoms with van der Waals surface area (Å²) >= 11 is 3.33. The molecule has 0 saturated heterocycles. The molecule has 0 fully saturated rings. The van der Waals surface area contributed by atoms with Crippen molar-refractivity contribution in [2.75, 3.05) is 21.3 Å². The Morgan fingerprint density at radius 2 is 1.65 bits per heavy atom. The fourth-order valence-electron chi connectivity index (χ4n) is 3.21. The molecule has 0 amide bonds. The van der Waals surface area contributed by atoms with E-state index in [0.29, 0.717) is 16.7 Å². The smallest absolute Gasteiger partial charge is 0.344 e. The number of Topliss-reactive ketones (excluding diaryl/α,β-unsaturated/α-hetero) is 1. The topological polar surface area (TPSA) is 101 Å². The van der Waals surface area contributed by atoms with Gasteiger partial charge in [0.25, 0.3) is 0 Å². The fourth-order valence-corrected chi connectivity index (χ4v) is 3.83. The normalized spacial score (nSPS) is 10.6.